The Labute approximate surface area is 169 Å². The standard InChI is InChI=1S/C20H26FN3O5/c1-14(20(28)22-13-16-3-5-17(21)6-4-16)29-19(27)8-7-18(26)24-11-9-23(10-12-24)15(2)25/h3-6,14H,7-13H2,1-2H3,(H,22,28)/t14-/m1/s1. The number of esters is 1. The Balaban J connectivity index is 1.67. The average Bonchev–Trinajstić information content (AvgIpc) is 2.71. The Morgan fingerprint density at radius 3 is 2.21 bits per heavy atom. The number of hydrogen-bond acceptors (Lipinski definition) is 5. The minimum absolute atomic E-state index is 0.0111. The van der Waals surface area contributed by atoms with Gasteiger partial charge in [0.1, 0.15) is 5.82 Å². The van der Waals surface area contributed by atoms with Crippen LogP contribution in [0.3, 0.4) is 0 Å². The van der Waals surface area contributed by atoms with Crippen LogP contribution in [0.5, 0.6) is 0 Å². The van der Waals surface area contributed by atoms with E-state index in [0.717, 1.165) is 0 Å². The predicted molar refractivity (Wildman–Crippen MR) is 102 cm³/mol. The highest BCUT2D eigenvalue weighted by Crippen LogP contribution is 2.07. The summed E-state index contributed by atoms with van der Waals surface area (Å²) in [4.78, 5) is 50.7. The first-order valence-corrected chi connectivity index (χ1v) is 9.51. The van der Waals surface area contributed by atoms with Crippen LogP contribution < -0.4 is 5.32 Å². The molecular weight excluding hydrogens is 381 g/mol. The molecule has 0 spiro atoms. The lowest BCUT2D eigenvalue weighted by Crippen LogP contribution is -2.50. The van der Waals surface area contributed by atoms with Crippen molar-refractivity contribution in [2.45, 2.75) is 39.3 Å². The van der Waals surface area contributed by atoms with Gasteiger partial charge in [-0.05, 0) is 24.6 Å². The summed E-state index contributed by atoms with van der Waals surface area (Å²) in [6, 6.07) is 5.69. The molecule has 1 atom stereocenters. The van der Waals surface area contributed by atoms with Crippen LogP contribution in [0.4, 0.5) is 4.39 Å². The number of rotatable bonds is 7. The monoisotopic (exact) mass is 407 g/mol. The van der Waals surface area contributed by atoms with E-state index in [1.165, 1.54) is 26.0 Å². The van der Waals surface area contributed by atoms with Crippen LogP contribution >= 0.6 is 0 Å². The fourth-order valence-electron chi connectivity index (χ4n) is 2.88. The first kappa shape index (κ1) is 22.3. The lowest BCUT2D eigenvalue weighted by molar-refractivity contribution is -0.156. The third-order valence-electron chi connectivity index (χ3n) is 4.68. The van der Waals surface area contributed by atoms with E-state index in [4.69, 9.17) is 4.74 Å². The molecule has 1 heterocycles. The van der Waals surface area contributed by atoms with Crippen LogP contribution in [0, 0.1) is 5.82 Å². The molecule has 1 aromatic rings. The molecule has 1 aliphatic rings. The lowest BCUT2D eigenvalue weighted by atomic mass is 10.2. The third-order valence-corrected chi connectivity index (χ3v) is 4.68. The van der Waals surface area contributed by atoms with Crippen molar-refractivity contribution in [3.05, 3.63) is 35.6 Å². The lowest BCUT2D eigenvalue weighted by Gasteiger charge is -2.34. The predicted octanol–water partition coefficient (Wildman–Crippen LogP) is 0.845. The van der Waals surface area contributed by atoms with Gasteiger partial charge in [0.2, 0.25) is 11.8 Å². The maximum Gasteiger partial charge on any atom is 0.307 e. The Hall–Kier alpha value is -2.97. The molecule has 1 fully saturated rings. The molecule has 1 aliphatic heterocycles. The van der Waals surface area contributed by atoms with Gasteiger partial charge in [0.25, 0.3) is 5.91 Å². The van der Waals surface area contributed by atoms with E-state index in [2.05, 4.69) is 5.32 Å². The van der Waals surface area contributed by atoms with Crippen LogP contribution in [0.15, 0.2) is 24.3 Å². The highest BCUT2D eigenvalue weighted by atomic mass is 19.1. The molecule has 0 aliphatic carbocycles. The highest BCUT2D eigenvalue weighted by molar-refractivity contribution is 5.85. The van der Waals surface area contributed by atoms with E-state index < -0.39 is 18.0 Å². The highest BCUT2D eigenvalue weighted by Gasteiger charge is 2.23. The number of piperazine rings is 1. The number of carbonyl (C=O) groups is 4. The summed E-state index contributed by atoms with van der Waals surface area (Å²) in [7, 11) is 0. The van der Waals surface area contributed by atoms with Crippen LogP contribution in [0.25, 0.3) is 0 Å². The van der Waals surface area contributed by atoms with Crippen molar-refractivity contribution in [2.24, 2.45) is 0 Å². The summed E-state index contributed by atoms with van der Waals surface area (Å²) in [6.45, 7) is 4.97. The van der Waals surface area contributed by atoms with Crippen LogP contribution in [-0.4, -0.2) is 65.8 Å². The SMILES string of the molecule is CC(=O)N1CCN(C(=O)CCC(=O)O[C@H](C)C(=O)NCc2ccc(F)cc2)CC1. The fourth-order valence-corrected chi connectivity index (χ4v) is 2.88. The number of halogens is 1. The van der Waals surface area contributed by atoms with Crippen molar-refractivity contribution in [3.63, 3.8) is 0 Å². The molecule has 29 heavy (non-hydrogen) atoms. The zero-order valence-corrected chi connectivity index (χ0v) is 16.7. The molecule has 158 valence electrons. The summed E-state index contributed by atoms with van der Waals surface area (Å²) in [5.41, 5.74) is 0.716. The van der Waals surface area contributed by atoms with Gasteiger partial charge < -0.3 is 19.9 Å². The number of hydrogen-bond donors (Lipinski definition) is 1. The largest absolute Gasteiger partial charge is 0.453 e. The molecule has 3 amide bonds. The van der Waals surface area contributed by atoms with Crippen molar-refractivity contribution in [3.8, 4) is 0 Å². The number of amides is 3. The molecule has 0 radical (unpaired) electrons. The maximum atomic E-state index is 12.9. The van der Waals surface area contributed by atoms with E-state index in [0.29, 0.717) is 31.7 Å². The smallest absolute Gasteiger partial charge is 0.307 e. The van der Waals surface area contributed by atoms with Gasteiger partial charge in [-0.3, -0.25) is 19.2 Å². The zero-order chi connectivity index (χ0) is 21.4. The molecule has 0 unspecified atom stereocenters. The number of nitrogens with one attached hydrogen (secondary N) is 1. The average molecular weight is 407 g/mol. The summed E-state index contributed by atoms with van der Waals surface area (Å²) in [6.07, 6.45) is -1.14. The quantitative estimate of drug-likeness (QED) is 0.676. The van der Waals surface area contributed by atoms with Gasteiger partial charge in [-0.1, -0.05) is 12.1 Å². The van der Waals surface area contributed by atoms with Crippen molar-refractivity contribution < 1.29 is 28.3 Å². The number of ether oxygens (including phenoxy) is 1. The van der Waals surface area contributed by atoms with Gasteiger partial charge >= 0.3 is 5.97 Å². The normalized spacial score (nSPS) is 14.9. The minimum Gasteiger partial charge on any atom is -0.453 e. The maximum absolute atomic E-state index is 12.9. The van der Waals surface area contributed by atoms with Crippen molar-refractivity contribution >= 4 is 23.7 Å². The van der Waals surface area contributed by atoms with Gasteiger partial charge in [-0.2, -0.15) is 0 Å². The molecular formula is C20H26FN3O5. The molecule has 1 N–H and O–H groups in total. The topological polar surface area (TPSA) is 96.0 Å². The summed E-state index contributed by atoms with van der Waals surface area (Å²) >= 11 is 0. The van der Waals surface area contributed by atoms with E-state index in [1.54, 1.807) is 21.9 Å². The van der Waals surface area contributed by atoms with Gasteiger partial charge in [-0.25, -0.2) is 4.39 Å². The first-order chi connectivity index (χ1) is 13.8. The number of nitrogens with zero attached hydrogens (tertiary/aromatic N) is 2. The molecule has 1 aromatic carbocycles. The summed E-state index contributed by atoms with van der Waals surface area (Å²) in [5.74, 6) is -1.68. The molecule has 8 nitrogen and oxygen atoms in total. The van der Waals surface area contributed by atoms with Crippen molar-refractivity contribution in [2.75, 3.05) is 26.2 Å². The first-order valence-electron chi connectivity index (χ1n) is 9.51. The molecule has 0 aromatic heterocycles. The molecule has 0 bridgehead atoms. The van der Waals surface area contributed by atoms with Crippen LogP contribution in [0.1, 0.15) is 32.3 Å². The second-order valence-corrected chi connectivity index (χ2v) is 6.86. The van der Waals surface area contributed by atoms with Gasteiger partial charge in [0.15, 0.2) is 6.10 Å². The number of benzene rings is 1. The van der Waals surface area contributed by atoms with E-state index >= 15 is 0 Å². The fraction of sp³-hybridized carbons (Fsp3) is 0.500. The van der Waals surface area contributed by atoms with Crippen LogP contribution in [-0.2, 0) is 30.5 Å². The second-order valence-electron chi connectivity index (χ2n) is 6.86. The van der Waals surface area contributed by atoms with Crippen molar-refractivity contribution in [1.82, 2.24) is 15.1 Å². The Morgan fingerprint density at radius 2 is 1.62 bits per heavy atom. The van der Waals surface area contributed by atoms with Gasteiger partial charge in [0.05, 0.1) is 6.42 Å². The second kappa shape index (κ2) is 10.5. The minimum atomic E-state index is -1.00. The van der Waals surface area contributed by atoms with E-state index in [9.17, 15) is 23.6 Å². The van der Waals surface area contributed by atoms with Crippen LogP contribution in [0.2, 0.25) is 0 Å². The molecule has 9 heteroatoms. The summed E-state index contributed by atoms with van der Waals surface area (Å²) in [5, 5.41) is 2.61. The molecule has 2 rings (SSSR count). The zero-order valence-electron chi connectivity index (χ0n) is 16.7. The Morgan fingerprint density at radius 1 is 1.03 bits per heavy atom. The molecule has 0 saturated carbocycles. The summed E-state index contributed by atoms with van der Waals surface area (Å²) < 4.78 is 17.9. The molecule has 1 saturated heterocycles. The third kappa shape index (κ3) is 7.17. The number of carbonyl (C=O) groups excluding carboxylic acids is 4. The van der Waals surface area contributed by atoms with Crippen molar-refractivity contribution in [1.29, 1.82) is 0 Å². The van der Waals surface area contributed by atoms with Gasteiger partial charge in [-0.15, -0.1) is 0 Å². The Kier molecular flexibility index (Phi) is 8.11. The van der Waals surface area contributed by atoms with E-state index in [1.807, 2.05) is 0 Å². The Bertz CT molecular complexity index is 745. The van der Waals surface area contributed by atoms with E-state index in [-0.39, 0.29) is 37.0 Å². The van der Waals surface area contributed by atoms with Gasteiger partial charge in [0, 0.05) is 46.1 Å².